The molecule has 4 unspecified atom stereocenters. The van der Waals surface area contributed by atoms with Gasteiger partial charge in [0.2, 0.25) is 0 Å². The van der Waals surface area contributed by atoms with Crippen molar-refractivity contribution in [2.24, 2.45) is 29.4 Å². The minimum Gasteiger partial charge on any atom is -0.329 e. The highest BCUT2D eigenvalue weighted by molar-refractivity contribution is 5.03. The lowest BCUT2D eigenvalue weighted by molar-refractivity contribution is 0.0435. The fourth-order valence-corrected chi connectivity index (χ4v) is 5.58. The van der Waals surface area contributed by atoms with Gasteiger partial charge in [0.1, 0.15) is 0 Å². The van der Waals surface area contributed by atoms with Gasteiger partial charge in [-0.3, -0.25) is 4.90 Å². The van der Waals surface area contributed by atoms with Gasteiger partial charge in [-0.1, -0.05) is 19.3 Å². The van der Waals surface area contributed by atoms with E-state index in [4.69, 9.17) is 5.73 Å². The first-order chi connectivity index (χ1) is 9.31. The minimum atomic E-state index is 0.399. The van der Waals surface area contributed by atoms with E-state index in [1.54, 1.807) is 0 Å². The predicted octanol–water partition coefficient (Wildman–Crippen LogP) is 3.02. The van der Waals surface area contributed by atoms with Gasteiger partial charge in [-0.2, -0.15) is 0 Å². The quantitative estimate of drug-likeness (QED) is 0.847. The number of nitrogens with two attached hydrogens (primary N) is 1. The molecule has 0 spiro atoms. The van der Waals surface area contributed by atoms with Crippen molar-refractivity contribution in [3.05, 3.63) is 0 Å². The van der Waals surface area contributed by atoms with Crippen LogP contribution in [0.4, 0.5) is 0 Å². The standard InChI is InChI=1S/C17H30N2/c18-12-17(8-2-5-14(9-17)13-6-7-13)19-10-15-3-1-4-16(15)11-19/h13-16H,1-12,18H2. The maximum atomic E-state index is 6.31. The van der Waals surface area contributed by atoms with Crippen molar-refractivity contribution in [1.29, 1.82) is 0 Å². The second-order valence-electron chi connectivity index (χ2n) is 7.98. The van der Waals surface area contributed by atoms with Crippen molar-refractivity contribution in [2.75, 3.05) is 19.6 Å². The summed E-state index contributed by atoms with van der Waals surface area (Å²) < 4.78 is 0. The van der Waals surface area contributed by atoms with E-state index in [9.17, 15) is 0 Å². The van der Waals surface area contributed by atoms with Crippen molar-refractivity contribution in [1.82, 2.24) is 4.90 Å². The molecule has 19 heavy (non-hydrogen) atoms. The summed E-state index contributed by atoms with van der Waals surface area (Å²) >= 11 is 0. The Hall–Kier alpha value is -0.0800. The number of likely N-dealkylation sites (tertiary alicyclic amines) is 1. The lowest BCUT2D eigenvalue weighted by Gasteiger charge is -2.47. The van der Waals surface area contributed by atoms with Gasteiger partial charge >= 0.3 is 0 Å². The van der Waals surface area contributed by atoms with Crippen LogP contribution in [-0.4, -0.2) is 30.1 Å². The first-order valence-corrected chi connectivity index (χ1v) is 8.76. The lowest BCUT2D eigenvalue weighted by Crippen LogP contribution is -2.56. The molecule has 0 bridgehead atoms. The van der Waals surface area contributed by atoms with E-state index in [1.807, 2.05) is 0 Å². The number of nitrogens with zero attached hydrogens (tertiary/aromatic N) is 1. The molecule has 4 aliphatic rings. The molecule has 0 amide bonds. The maximum Gasteiger partial charge on any atom is 0.0334 e. The smallest absolute Gasteiger partial charge is 0.0334 e. The summed E-state index contributed by atoms with van der Waals surface area (Å²) in [5, 5.41) is 0. The van der Waals surface area contributed by atoms with Crippen molar-refractivity contribution in [3.8, 4) is 0 Å². The van der Waals surface area contributed by atoms with E-state index >= 15 is 0 Å². The molecule has 108 valence electrons. The highest BCUT2D eigenvalue weighted by Crippen LogP contribution is 2.50. The van der Waals surface area contributed by atoms with E-state index in [-0.39, 0.29) is 0 Å². The largest absolute Gasteiger partial charge is 0.329 e. The first-order valence-electron chi connectivity index (χ1n) is 8.76. The Morgan fingerprint density at radius 2 is 1.53 bits per heavy atom. The average Bonchev–Trinajstić information content (AvgIpc) is 3.06. The molecule has 3 saturated carbocycles. The van der Waals surface area contributed by atoms with Gasteiger partial charge in [0.25, 0.3) is 0 Å². The molecule has 3 aliphatic carbocycles. The SMILES string of the molecule is NCC1(N2CC3CCCC3C2)CCCC(C2CC2)C1. The Bertz CT molecular complexity index is 326. The van der Waals surface area contributed by atoms with E-state index in [0.29, 0.717) is 5.54 Å². The van der Waals surface area contributed by atoms with Crippen LogP contribution in [0.15, 0.2) is 0 Å². The molecule has 1 saturated heterocycles. The van der Waals surface area contributed by atoms with Gasteiger partial charge in [0.05, 0.1) is 0 Å². The zero-order valence-corrected chi connectivity index (χ0v) is 12.3. The van der Waals surface area contributed by atoms with Gasteiger partial charge in [-0.15, -0.1) is 0 Å². The van der Waals surface area contributed by atoms with Crippen LogP contribution >= 0.6 is 0 Å². The Morgan fingerprint density at radius 1 is 0.842 bits per heavy atom. The average molecular weight is 262 g/mol. The van der Waals surface area contributed by atoms with Crippen LogP contribution in [0.1, 0.15) is 57.8 Å². The molecule has 2 nitrogen and oxygen atoms in total. The Labute approximate surface area is 118 Å². The second kappa shape index (κ2) is 4.73. The number of hydrogen-bond donors (Lipinski definition) is 1. The number of rotatable bonds is 3. The molecule has 0 aromatic heterocycles. The van der Waals surface area contributed by atoms with Gasteiger partial charge < -0.3 is 5.73 Å². The summed E-state index contributed by atoms with van der Waals surface area (Å²) in [5.41, 5.74) is 6.71. The van der Waals surface area contributed by atoms with Crippen LogP contribution in [0, 0.1) is 23.7 Å². The van der Waals surface area contributed by atoms with Crippen LogP contribution < -0.4 is 5.73 Å². The van der Waals surface area contributed by atoms with Crippen LogP contribution in [0.25, 0.3) is 0 Å². The van der Waals surface area contributed by atoms with E-state index in [2.05, 4.69) is 4.90 Å². The molecular formula is C17H30N2. The Kier molecular flexibility index (Phi) is 3.15. The monoisotopic (exact) mass is 262 g/mol. The summed E-state index contributed by atoms with van der Waals surface area (Å²) in [6.45, 7) is 3.66. The molecule has 1 aliphatic heterocycles. The minimum absolute atomic E-state index is 0.399. The molecule has 4 rings (SSSR count). The third-order valence-corrected chi connectivity index (χ3v) is 6.92. The highest BCUT2D eigenvalue weighted by atomic mass is 15.2. The number of hydrogen-bond acceptors (Lipinski definition) is 2. The molecule has 0 aromatic rings. The van der Waals surface area contributed by atoms with Gasteiger partial charge in [0.15, 0.2) is 0 Å². The van der Waals surface area contributed by atoms with Crippen molar-refractivity contribution < 1.29 is 0 Å². The fraction of sp³-hybridized carbons (Fsp3) is 1.00. The van der Waals surface area contributed by atoms with Gasteiger partial charge in [-0.25, -0.2) is 0 Å². The topological polar surface area (TPSA) is 29.3 Å². The third kappa shape index (κ3) is 2.15. The van der Waals surface area contributed by atoms with E-state index in [0.717, 1.165) is 30.2 Å². The highest BCUT2D eigenvalue weighted by Gasteiger charge is 2.48. The Balaban J connectivity index is 1.49. The van der Waals surface area contributed by atoms with Crippen LogP contribution in [0.2, 0.25) is 0 Å². The summed E-state index contributed by atoms with van der Waals surface area (Å²) in [6.07, 6.45) is 13.2. The van der Waals surface area contributed by atoms with E-state index in [1.165, 1.54) is 70.9 Å². The molecule has 0 aromatic carbocycles. The van der Waals surface area contributed by atoms with Crippen molar-refractivity contribution in [2.45, 2.75) is 63.3 Å². The van der Waals surface area contributed by atoms with Crippen molar-refractivity contribution in [3.63, 3.8) is 0 Å². The number of fused-ring (bicyclic) bond motifs is 1. The molecule has 4 atom stereocenters. The zero-order valence-electron chi connectivity index (χ0n) is 12.3. The summed E-state index contributed by atoms with van der Waals surface area (Å²) in [4.78, 5) is 2.86. The molecule has 2 heteroatoms. The molecular weight excluding hydrogens is 232 g/mol. The predicted molar refractivity (Wildman–Crippen MR) is 78.9 cm³/mol. The summed E-state index contributed by atoms with van der Waals surface area (Å²) in [5.74, 6) is 4.13. The first kappa shape index (κ1) is 12.6. The van der Waals surface area contributed by atoms with Gasteiger partial charge in [0, 0.05) is 25.2 Å². The molecule has 0 radical (unpaired) electrons. The summed E-state index contributed by atoms with van der Waals surface area (Å²) in [6, 6.07) is 0. The van der Waals surface area contributed by atoms with Crippen LogP contribution in [-0.2, 0) is 0 Å². The van der Waals surface area contributed by atoms with E-state index < -0.39 is 0 Å². The third-order valence-electron chi connectivity index (χ3n) is 6.92. The van der Waals surface area contributed by atoms with Crippen molar-refractivity contribution >= 4 is 0 Å². The summed E-state index contributed by atoms with van der Waals surface area (Å²) in [7, 11) is 0. The van der Waals surface area contributed by atoms with Gasteiger partial charge in [-0.05, 0) is 62.2 Å². The maximum absolute atomic E-state index is 6.31. The molecule has 4 fully saturated rings. The molecule has 1 heterocycles. The fourth-order valence-electron chi connectivity index (χ4n) is 5.58. The molecule has 2 N–H and O–H groups in total. The normalized spacial score (nSPS) is 47.5. The lowest BCUT2D eigenvalue weighted by atomic mass is 9.73. The Morgan fingerprint density at radius 3 is 2.16 bits per heavy atom. The second-order valence-corrected chi connectivity index (χ2v) is 7.98. The zero-order chi connectivity index (χ0) is 12.9. The van der Waals surface area contributed by atoms with Crippen LogP contribution in [0.3, 0.4) is 0 Å². The van der Waals surface area contributed by atoms with Crippen LogP contribution in [0.5, 0.6) is 0 Å².